The lowest BCUT2D eigenvalue weighted by atomic mass is 10.0. The molecule has 0 aliphatic carbocycles. The molecule has 0 radical (unpaired) electrons. The molecule has 1 aromatic carbocycles. The van der Waals surface area contributed by atoms with Crippen molar-refractivity contribution < 1.29 is 4.74 Å². The number of rotatable bonds is 6. The Morgan fingerprint density at radius 1 is 1.45 bits per heavy atom. The lowest BCUT2D eigenvalue weighted by Gasteiger charge is -2.20. The van der Waals surface area contributed by atoms with Crippen LogP contribution in [0.4, 0.5) is 0 Å². The molecule has 5 heteroatoms. The van der Waals surface area contributed by atoms with Gasteiger partial charge in [-0.05, 0) is 19.9 Å². The predicted octanol–water partition coefficient (Wildman–Crippen LogP) is 1.97. The minimum atomic E-state index is -0.0300. The molecule has 0 aliphatic rings. The number of imidazole rings is 1. The van der Waals surface area contributed by atoms with Crippen LogP contribution in [0, 0.1) is 6.92 Å². The second-order valence-corrected chi connectivity index (χ2v) is 4.80. The quantitative estimate of drug-likeness (QED) is 0.624. The number of hydrogen-bond acceptors (Lipinski definition) is 4. The van der Waals surface area contributed by atoms with Crippen LogP contribution in [0.1, 0.15) is 29.9 Å². The van der Waals surface area contributed by atoms with Gasteiger partial charge in [-0.25, -0.2) is 4.98 Å². The highest BCUT2D eigenvalue weighted by molar-refractivity contribution is 5.39. The first-order chi connectivity index (χ1) is 9.69. The summed E-state index contributed by atoms with van der Waals surface area (Å²) in [5.41, 5.74) is 5.11. The molecule has 1 atom stereocenters. The van der Waals surface area contributed by atoms with E-state index in [9.17, 15) is 0 Å². The van der Waals surface area contributed by atoms with Gasteiger partial charge in [-0.2, -0.15) is 0 Å². The summed E-state index contributed by atoms with van der Waals surface area (Å²) in [5, 5.41) is 0. The van der Waals surface area contributed by atoms with Gasteiger partial charge in [0.1, 0.15) is 11.6 Å². The van der Waals surface area contributed by atoms with Crippen LogP contribution in [0.25, 0.3) is 0 Å². The van der Waals surface area contributed by atoms with Crippen molar-refractivity contribution in [2.45, 2.75) is 32.9 Å². The van der Waals surface area contributed by atoms with Gasteiger partial charge in [-0.3, -0.25) is 11.3 Å². The second kappa shape index (κ2) is 6.54. The lowest BCUT2D eigenvalue weighted by Crippen LogP contribution is -2.30. The molecule has 0 spiro atoms. The van der Waals surface area contributed by atoms with Crippen molar-refractivity contribution >= 4 is 0 Å². The Morgan fingerprint density at radius 3 is 2.90 bits per heavy atom. The second-order valence-electron chi connectivity index (χ2n) is 4.80. The van der Waals surface area contributed by atoms with Crippen LogP contribution < -0.4 is 16.0 Å². The predicted molar refractivity (Wildman–Crippen MR) is 79.4 cm³/mol. The molecule has 3 N–H and O–H groups in total. The van der Waals surface area contributed by atoms with E-state index in [1.807, 2.05) is 24.5 Å². The van der Waals surface area contributed by atoms with E-state index in [0.717, 1.165) is 30.1 Å². The Kier molecular flexibility index (Phi) is 4.76. The van der Waals surface area contributed by atoms with E-state index in [4.69, 9.17) is 10.6 Å². The normalized spacial score (nSPS) is 12.4. The van der Waals surface area contributed by atoms with Crippen LogP contribution in [-0.2, 0) is 13.0 Å². The van der Waals surface area contributed by atoms with E-state index in [0.29, 0.717) is 0 Å². The molecule has 20 heavy (non-hydrogen) atoms. The highest BCUT2D eigenvalue weighted by Crippen LogP contribution is 2.28. The summed E-state index contributed by atoms with van der Waals surface area (Å²) in [6.07, 6.45) is 4.52. The highest BCUT2D eigenvalue weighted by Gasteiger charge is 2.17. The highest BCUT2D eigenvalue weighted by atomic mass is 16.5. The molecule has 0 fully saturated rings. The zero-order valence-corrected chi connectivity index (χ0v) is 12.3. The summed E-state index contributed by atoms with van der Waals surface area (Å²) in [5.74, 6) is 7.60. The standard InChI is InChI=1S/C15H22N4O/c1-4-19-8-7-17-15(19)10-13(18-16)12-9-11(2)5-6-14(12)20-3/h5-9,13,18H,4,10,16H2,1-3H3. The molecule has 108 valence electrons. The third-order valence-corrected chi connectivity index (χ3v) is 3.49. The summed E-state index contributed by atoms with van der Waals surface area (Å²) in [7, 11) is 1.68. The van der Waals surface area contributed by atoms with Crippen molar-refractivity contribution in [1.82, 2.24) is 15.0 Å². The number of benzene rings is 1. The van der Waals surface area contributed by atoms with Gasteiger partial charge in [-0.15, -0.1) is 0 Å². The van der Waals surface area contributed by atoms with E-state index in [2.05, 4.69) is 34.9 Å². The fraction of sp³-hybridized carbons (Fsp3) is 0.400. The lowest BCUT2D eigenvalue weighted by molar-refractivity contribution is 0.397. The number of nitrogens with two attached hydrogens (primary N) is 1. The zero-order chi connectivity index (χ0) is 14.5. The molecular formula is C15H22N4O. The Morgan fingerprint density at radius 2 is 2.25 bits per heavy atom. The third kappa shape index (κ3) is 3.00. The maximum atomic E-state index is 5.74. The van der Waals surface area contributed by atoms with Gasteiger partial charge in [0.2, 0.25) is 0 Å². The van der Waals surface area contributed by atoms with Crippen molar-refractivity contribution in [3.05, 3.63) is 47.5 Å². The Hall–Kier alpha value is -1.85. The Bertz CT molecular complexity index is 565. The van der Waals surface area contributed by atoms with Crippen molar-refractivity contribution in [1.29, 1.82) is 0 Å². The molecule has 2 aromatic rings. The minimum Gasteiger partial charge on any atom is -0.496 e. The molecule has 1 unspecified atom stereocenters. The molecule has 0 amide bonds. The number of hydrogen-bond donors (Lipinski definition) is 2. The van der Waals surface area contributed by atoms with E-state index < -0.39 is 0 Å². The van der Waals surface area contributed by atoms with Gasteiger partial charge < -0.3 is 9.30 Å². The van der Waals surface area contributed by atoms with Crippen molar-refractivity contribution in [2.75, 3.05) is 7.11 Å². The molecule has 0 saturated carbocycles. The van der Waals surface area contributed by atoms with E-state index in [1.165, 1.54) is 5.56 Å². The number of ether oxygens (including phenoxy) is 1. The number of hydrazine groups is 1. The fourth-order valence-corrected chi connectivity index (χ4v) is 2.39. The zero-order valence-electron chi connectivity index (χ0n) is 12.3. The first-order valence-corrected chi connectivity index (χ1v) is 6.80. The maximum absolute atomic E-state index is 5.74. The van der Waals surface area contributed by atoms with Crippen LogP contribution in [0.15, 0.2) is 30.6 Å². The van der Waals surface area contributed by atoms with Crippen molar-refractivity contribution in [3.63, 3.8) is 0 Å². The van der Waals surface area contributed by atoms with Crippen molar-refractivity contribution in [2.24, 2.45) is 5.84 Å². The molecule has 1 aromatic heterocycles. The number of nitrogens with one attached hydrogen (secondary N) is 1. The van der Waals surface area contributed by atoms with Gasteiger partial charge in [0.25, 0.3) is 0 Å². The van der Waals surface area contributed by atoms with Gasteiger partial charge in [-0.1, -0.05) is 17.7 Å². The van der Waals surface area contributed by atoms with Crippen LogP contribution in [-0.4, -0.2) is 16.7 Å². The molecule has 5 nitrogen and oxygen atoms in total. The Labute approximate surface area is 119 Å². The van der Waals surface area contributed by atoms with E-state index in [1.54, 1.807) is 7.11 Å². The van der Waals surface area contributed by atoms with Crippen molar-refractivity contribution in [3.8, 4) is 5.75 Å². The molecule has 0 aliphatic heterocycles. The number of aryl methyl sites for hydroxylation is 2. The number of nitrogens with zero attached hydrogens (tertiary/aromatic N) is 2. The minimum absolute atomic E-state index is 0.0300. The molecular weight excluding hydrogens is 252 g/mol. The van der Waals surface area contributed by atoms with Crippen LogP contribution >= 0.6 is 0 Å². The summed E-state index contributed by atoms with van der Waals surface area (Å²) in [6, 6.07) is 6.07. The van der Waals surface area contributed by atoms with E-state index in [-0.39, 0.29) is 6.04 Å². The van der Waals surface area contributed by atoms with Gasteiger partial charge in [0.05, 0.1) is 13.2 Å². The first-order valence-electron chi connectivity index (χ1n) is 6.80. The topological polar surface area (TPSA) is 65.1 Å². The van der Waals surface area contributed by atoms with Crippen LogP contribution in [0.3, 0.4) is 0 Å². The maximum Gasteiger partial charge on any atom is 0.123 e. The van der Waals surface area contributed by atoms with Gasteiger partial charge in [0.15, 0.2) is 0 Å². The van der Waals surface area contributed by atoms with E-state index >= 15 is 0 Å². The summed E-state index contributed by atoms with van der Waals surface area (Å²) in [6.45, 7) is 5.06. The molecule has 1 heterocycles. The first kappa shape index (κ1) is 14.6. The molecule has 2 rings (SSSR count). The summed E-state index contributed by atoms with van der Waals surface area (Å²) in [4.78, 5) is 4.40. The number of methoxy groups -OCH3 is 1. The summed E-state index contributed by atoms with van der Waals surface area (Å²) < 4.78 is 7.55. The SMILES string of the molecule is CCn1ccnc1CC(NN)c1cc(C)ccc1OC. The average Bonchev–Trinajstić information content (AvgIpc) is 2.91. The van der Waals surface area contributed by atoms with Gasteiger partial charge in [0, 0.05) is 30.9 Å². The molecule has 0 bridgehead atoms. The smallest absolute Gasteiger partial charge is 0.123 e. The summed E-state index contributed by atoms with van der Waals surface area (Å²) >= 11 is 0. The Balaban J connectivity index is 2.30. The van der Waals surface area contributed by atoms with Crippen LogP contribution in [0.2, 0.25) is 0 Å². The average molecular weight is 274 g/mol. The number of aromatic nitrogens is 2. The molecule has 0 saturated heterocycles. The van der Waals surface area contributed by atoms with Gasteiger partial charge >= 0.3 is 0 Å². The van der Waals surface area contributed by atoms with Crippen LogP contribution in [0.5, 0.6) is 5.75 Å². The fourth-order valence-electron chi connectivity index (χ4n) is 2.39. The monoisotopic (exact) mass is 274 g/mol. The third-order valence-electron chi connectivity index (χ3n) is 3.49. The largest absolute Gasteiger partial charge is 0.496 e.